The Morgan fingerprint density at radius 3 is 1.93 bits per heavy atom. The molecule has 0 radical (unpaired) electrons. The summed E-state index contributed by atoms with van der Waals surface area (Å²) in [5, 5.41) is 22.6. The van der Waals surface area contributed by atoms with Gasteiger partial charge in [-0.2, -0.15) is 0 Å². The molecule has 0 heterocycles. The van der Waals surface area contributed by atoms with E-state index in [0.29, 0.717) is 5.71 Å². The molecule has 3 heteroatoms. The third-order valence-electron chi connectivity index (χ3n) is 5.38. The standard InChI is InChI=1S/C25H23NO2/c1-18(26-23-17-16-19-10-8-9-15-22(19)24(23)27)25(28,20-11-4-2-5-12-20)21-13-6-3-7-14-21/h2-18,24,27-28H,1H3/t18-,24?/m1/s1. The van der Waals surface area contributed by atoms with Crippen LogP contribution in [0.15, 0.2) is 96.0 Å². The Morgan fingerprint density at radius 2 is 1.32 bits per heavy atom. The zero-order valence-corrected chi connectivity index (χ0v) is 15.7. The molecule has 1 aliphatic rings. The Morgan fingerprint density at radius 1 is 0.786 bits per heavy atom. The number of rotatable bonds is 4. The van der Waals surface area contributed by atoms with E-state index in [-0.39, 0.29) is 0 Å². The maximum Gasteiger partial charge on any atom is 0.137 e. The fourth-order valence-electron chi connectivity index (χ4n) is 3.80. The first-order chi connectivity index (χ1) is 13.6. The van der Waals surface area contributed by atoms with Gasteiger partial charge in [-0.25, -0.2) is 0 Å². The van der Waals surface area contributed by atoms with E-state index in [1.165, 1.54) is 0 Å². The molecule has 3 aromatic carbocycles. The first-order valence-corrected chi connectivity index (χ1v) is 9.47. The van der Waals surface area contributed by atoms with Gasteiger partial charge in [0.25, 0.3) is 0 Å². The second-order valence-electron chi connectivity index (χ2n) is 7.09. The highest BCUT2D eigenvalue weighted by Gasteiger charge is 2.38. The molecular weight excluding hydrogens is 346 g/mol. The second-order valence-corrected chi connectivity index (χ2v) is 7.09. The van der Waals surface area contributed by atoms with Crippen molar-refractivity contribution in [2.75, 3.05) is 0 Å². The first kappa shape index (κ1) is 18.4. The molecule has 0 saturated heterocycles. The van der Waals surface area contributed by atoms with Crippen molar-refractivity contribution >= 4 is 11.8 Å². The van der Waals surface area contributed by atoms with Gasteiger partial charge in [0.2, 0.25) is 0 Å². The summed E-state index contributed by atoms with van der Waals surface area (Å²) in [5.41, 5.74) is 2.61. The largest absolute Gasteiger partial charge is 0.382 e. The fraction of sp³-hybridized carbons (Fsp3) is 0.160. The molecule has 0 saturated carbocycles. The van der Waals surface area contributed by atoms with Gasteiger partial charge in [-0.3, -0.25) is 4.99 Å². The molecule has 140 valence electrons. The molecule has 4 rings (SSSR count). The number of nitrogens with zero attached hydrogens (tertiary/aromatic N) is 1. The number of aliphatic imine (C=N–C) groups is 1. The summed E-state index contributed by atoms with van der Waals surface area (Å²) >= 11 is 0. The summed E-state index contributed by atoms with van der Waals surface area (Å²) in [6.45, 7) is 1.88. The van der Waals surface area contributed by atoms with Crippen LogP contribution in [0.25, 0.3) is 6.08 Å². The summed E-state index contributed by atoms with van der Waals surface area (Å²) < 4.78 is 0. The van der Waals surface area contributed by atoms with Gasteiger partial charge < -0.3 is 10.2 Å². The Bertz CT molecular complexity index is 969. The quantitative estimate of drug-likeness (QED) is 0.711. The average molecular weight is 369 g/mol. The topological polar surface area (TPSA) is 52.8 Å². The highest BCUT2D eigenvalue weighted by Crippen LogP contribution is 2.36. The van der Waals surface area contributed by atoms with Crippen LogP contribution in [0, 0.1) is 0 Å². The van der Waals surface area contributed by atoms with Crippen LogP contribution < -0.4 is 0 Å². The molecule has 2 N–H and O–H groups in total. The molecule has 0 fully saturated rings. The zero-order chi connectivity index (χ0) is 19.6. The maximum absolute atomic E-state index is 11.8. The second kappa shape index (κ2) is 7.55. The Labute approximate surface area is 165 Å². The Kier molecular flexibility index (Phi) is 4.95. The van der Waals surface area contributed by atoms with Crippen LogP contribution in [-0.4, -0.2) is 22.0 Å². The van der Waals surface area contributed by atoms with Crippen LogP contribution in [0.4, 0.5) is 0 Å². The Hall–Kier alpha value is -3.01. The number of hydrogen-bond donors (Lipinski definition) is 2. The molecule has 2 atom stereocenters. The number of aliphatic hydroxyl groups excluding tert-OH is 1. The smallest absolute Gasteiger partial charge is 0.137 e. The lowest BCUT2D eigenvalue weighted by molar-refractivity contribution is 0.0583. The molecule has 0 amide bonds. The van der Waals surface area contributed by atoms with Gasteiger partial charge in [-0.05, 0) is 35.3 Å². The zero-order valence-electron chi connectivity index (χ0n) is 15.7. The van der Waals surface area contributed by atoms with Crippen molar-refractivity contribution in [3.8, 4) is 0 Å². The van der Waals surface area contributed by atoms with Crippen molar-refractivity contribution in [3.05, 3.63) is 113 Å². The van der Waals surface area contributed by atoms with Gasteiger partial charge >= 0.3 is 0 Å². The molecular formula is C25H23NO2. The number of benzene rings is 3. The third-order valence-corrected chi connectivity index (χ3v) is 5.38. The van der Waals surface area contributed by atoms with Crippen molar-refractivity contribution in [1.82, 2.24) is 0 Å². The predicted octanol–water partition coefficient (Wildman–Crippen LogP) is 4.51. The van der Waals surface area contributed by atoms with Crippen LogP contribution in [0.1, 0.15) is 35.3 Å². The van der Waals surface area contributed by atoms with Gasteiger partial charge in [0.15, 0.2) is 0 Å². The molecule has 28 heavy (non-hydrogen) atoms. The normalized spacial score (nSPS) is 18.7. The summed E-state index contributed by atoms with van der Waals surface area (Å²) in [4.78, 5) is 4.77. The minimum absolute atomic E-state index is 0.503. The van der Waals surface area contributed by atoms with Crippen molar-refractivity contribution in [1.29, 1.82) is 0 Å². The SMILES string of the molecule is C[C@@H](N=C1C=Cc2ccccc2C1O)C(O)(c1ccccc1)c1ccccc1. The van der Waals surface area contributed by atoms with Gasteiger partial charge in [0.05, 0.1) is 11.8 Å². The van der Waals surface area contributed by atoms with E-state index in [0.717, 1.165) is 22.3 Å². The lowest BCUT2D eigenvalue weighted by atomic mass is 9.81. The third kappa shape index (κ3) is 3.19. The molecule has 1 unspecified atom stereocenters. The van der Waals surface area contributed by atoms with Crippen LogP contribution in [0.2, 0.25) is 0 Å². The minimum atomic E-state index is -1.31. The van der Waals surface area contributed by atoms with Crippen LogP contribution in [0.5, 0.6) is 0 Å². The van der Waals surface area contributed by atoms with E-state index >= 15 is 0 Å². The lowest BCUT2D eigenvalue weighted by Crippen LogP contribution is -2.38. The molecule has 0 spiro atoms. The highest BCUT2D eigenvalue weighted by molar-refractivity contribution is 6.04. The molecule has 0 aliphatic heterocycles. The van der Waals surface area contributed by atoms with Gasteiger partial charge in [-0.15, -0.1) is 0 Å². The lowest BCUT2D eigenvalue weighted by Gasteiger charge is -2.34. The minimum Gasteiger partial charge on any atom is -0.382 e. The molecule has 3 aromatic rings. The van der Waals surface area contributed by atoms with E-state index in [1.807, 2.05) is 104 Å². The molecule has 3 nitrogen and oxygen atoms in total. The molecule has 0 bridgehead atoms. The predicted molar refractivity (Wildman–Crippen MR) is 113 cm³/mol. The Balaban J connectivity index is 1.77. The van der Waals surface area contributed by atoms with Crippen LogP contribution in [-0.2, 0) is 5.60 Å². The maximum atomic E-state index is 11.8. The van der Waals surface area contributed by atoms with Gasteiger partial charge in [0.1, 0.15) is 11.7 Å². The number of aliphatic hydroxyl groups is 2. The van der Waals surface area contributed by atoms with E-state index in [1.54, 1.807) is 0 Å². The van der Waals surface area contributed by atoms with Crippen LogP contribution >= 0.6 is 0 Å². The van der Waals surface area contributed by atoms with Crippen molar-refractivity contribution in [2.24, 2.45) is 4.99 Å². The van der Waals surface area contributed by atoms with Gasteiger partial charge in [-0.1, -0.05) is 91.0 Å². The van der Waals surface area contributed by atoms with E-state index in [4.69, 9.17) is 4.99 Å². The summed E-state index contributed by atoms with van der Waals surface area (Å²) in [5.74, 6) is 0. The van der Waals surface area contributed by atoms with E-state index < -0.39 is 17.7 Å². The monoisotopic (exact) mass is 369 g/mol. The molecule has 0 aromatic heterocycles. The van der Waals surface area contributed by atoms with Crippen LogP contribution in [0.3, 0.4) is 0 Å². The summed E-state index contributed by atoms with van der Waals surface area (Å²) in [6.07, 6.45) is 2.98. The van der Waals surface area contributed by atoms with E-state index in [9.17, 15) is 10.2 Å². The average Bonchev–Trinajstić information content (AvgIpc) is 2.76. The van der Waals surface area contributed by atoms with Crippen molar-refractivity contribution in [3.63, 3.8) is 0 Å². The fourth-order valence-corrected chi connectivity index (χ4v) is 3.80. The van der Waals surface area contributed by atoms with Crippen molar-refractivity contribution < 1.29 is 10.2 Å². The highest BCUT2D eigenvalue weighted by atomic mass is 16.3. The van der Waals surface area contributed by atoms with Gasteiger partial charge in [0, 0.05) is 0 Å². The summed E-state index contributed by atoms with van der Waals surface area (Å²) in [7, 11) is 0. The summed E-state index contributed by atoms with van der Waals surface area (Å²) in [6, 6.07) is 26.4. The van der Waals surface area contributed by atoms with Crippen molar-refractivity contribution in [2.45, 2.75) is 24.7 Å². The number of fused-ring (bicyclic) bond motifs is 1. The number of hydrogen-bond acceptors (Lipinski definition) is 3. The van der Waals surface area contributed by atoms with E-state index in [2.05, 4.69) is 0 Å². The molecule has 1 aliphatic carbocycles. The first-order valence-electron chi connectivity index (χ1n) is 9.47.